The first-order valence-electron chi connectivity index (χ1n) is 7.90. The zero-order chi connectivity index (χ0) is 13.1. The first kappa shape index (κ1) is 13.1. The Labute approximate surface area is 117 Å². The lowest BCUT2D eigenvalue weighted by molar-refractivity contribution is 0.297. The molecule has 2 aliphatic rings. The Bertz CT molecular complexity index is 390. The molecule has 2 fully saturated rings. The van der Waals surface area contributed by atoms with Crippen molar-refractivity contribution in [2.45, 2.75) is 50.6 Å². The molecule has 0 aromatic heterocycles. The van der Waals surface area contributed by atoms with Gasteiger partial charge in [0.1, 0.15) is 0 Å². The molecular formula is C17H26N2. The molecule has 3 rings (SSSR count). The van der Waals surface area contributed by atoms with Crippen LogP contribution in [0.25, 0.3) is 0 Å². The van der Waals surface area contributed by atoms with E-state index in [0.717, 1.165) is 18.0 Å². The summed E-state index contributed by atoms with van der Waals surface area (Å²) in [6, 6.07) is 12.5. The summed E-state index contributed by atoms with van der Waals surface area (Å²) in [5.41, 5.74) is 1.52. The third kappa shape index (κ3) is 3.37. The van der Waals surface area contributed by atoms with E-state index in [-0.39, 0.29) is 0 Å². The maximum atomic E-state index is 3.90. The fraction of sp³-hybridized carbons (Fsp3) is 0.647. The molecule has 0 amide bonds. The van der Waals surface area contributed by atoms with Gasteiger partial charge in [-0.25, -0.2) is 0 Å². The van der Waals surface area contributed by atoms with Gasteiger partial charge in [-0.3, -0.25) is 0 Å². The van der Waals surface area contributed by atoms with Crippen LogP contribution in [0.2, 0.25) is 0 Å². The van der Waals surface area contributed by atoms with Gasteiger partial charge >= 0.3 is 0 Å². The zero-order valence-corrected chi connectivity index (χ0v) is 12.0. The van der Waals surface area contributed by atoms with Crippen LogP contribution in [0.15, 0.2) is 30.3 Å². The van der Waals surface area contributed by atoms with E-state index >= 15 is 0 Å². The molecule has 1 aromatic rings. The standard InChI is InChI=1S/C17H26N2/c1-2-19-11-6-9-15(10-12-19)18-17-13-16(17)14-7-4-3-5-8-14/h3-5,7-8,15-18H,2,6,9-13H2,1H3. The lowest BCUT2D eigenvalue weighted by Crippen LogP contribution is -2.33. The van der Waals surface area contributed by atoms with Gasteiger partial charge in [0.05, 0.1) is 0 Å². The average Bonchev–Trinajstić information content (AvgIpc) is 3.24. The summed E-state index contributed by atoms with van der Waals surface area (Å²) in [5.74, 6) is 0.770. The number of nitrogens with zero attached hydrogens (tertiary/aromatic N) is 1. The molecule has 0 bridgehead atoms. The molecule has 1 saturated heterocycles. The van der Waals surface area contributed by atoms with Crippen LogP contribution in [0.4, 0.5) is 0 Å². The van der Waals surface area contributed by atoms with E-state index < -0.39 is 0 Å². The molecular weight excluding hydrogens is 232 g/mol. The summed E-state index contributed by atoms with van der Waals surface area (Å²) in [6.07, 6.45) is 5.37. The fourth-order valence-electron chi connectivity index (χ4n) is 3.39. The normalized spacial score (nSPS) is 31.9. The number of benzene rings is 1. The number of likely N-dealkylation sites (tertiary alicyclic amines) is 1. The maximum absolute atomic E-state index is 3.90. The van der Waals surface area contributed by atoms with Crippen molar-refractivity contribution in [1.82, 2.24) is 10.2 Å². The van der Waals surface area contributed by atoms with Gasteiger partial charge in [0.2, 0.25) is 0 Å². The average molecular weight is 258 g/mol. The molecule has 3 unspecified atom stereocenters. The summed E-state index contributed by atoms with van der Waals surface area (Å²) in [5, 5.41) is 3.90. The van der Waals surface area contributed by atoms with Crippen LogP contribution >= 0.6 is 0 Å². The summed E-state index contributed by atoms with van der Waals surface area (Å²) >= 11 is 0. The third-order valence-corrected chi connectivity index (χ3v) is 4.74. The topological polar surface area (TPSA) is 15.3 Å². The second kappa shape index (κ2) is 6.06. The van der Waals surface area contributed by atoms with E-state index in [1.807, 2.05) is 0 Å². The van der Waals surface area contributed by atoms with Crippen LogP contribution in [-0.2, 0) is 0 Å². The van der Waals surface area contributed by atoms with Crippen molar-refractivity contribution in [3.63, 3.8) is 0 Å². The monoisotopic (exact) mass is 258 g/mol. The Morgan fingerprint density at radius 3 is 2.79 bits per heavy atom. The number of rotatable bonds is 4. The molecule has 0 radical (unpaired) electrons. The predicted molar refractivity (Wildman–Crippen MR) is 80.5 cm³/mol. The highest BCUT2D eigenvalue weighted by Crippen LogP contribution is 2.41. The lowest BCUT2D eigenvalue weighted by Gasteiger charge is -2.18. The number of hydrogen-bond acceptors (Lipinski definition) is 2. The van der Waals surface area contributed by atoms with E-state index in [1.165, 1.54) is 50.9 Å². The molecule has 1 N–H and O–H groups in total. The Morgan fingerprint density at radius 1 is 1.16 bits per heavy atom. The van der Waals surface area contributed by atoms with Crippen LogP contribution < -0.4 is 5.32 Å². The third-order valence-electron chi connectivity index (χ3n) is 4.74. The van der Waals surface area contributed by atoms with Gasteiger partial charge in [0, 0.05) is 18.0 Å². The summed E-state index contributed by atoms with van der Waals surface area (Å²) < 4.78 is 0. The van der Waals surface area contributed by atoms with Gasteiger partial charge in [-0.1, -0.05) is 37.3 Å². The Morgan fingerprint density at radius 2 is 2.00 bits per heavy atom. The van der Waals surface area contributed by atoms with Crippen LogP contribution in [0, 0.1) is 0 Å². The second-order valence-electron chi connectivity index (χ2n) is 6.09. The van der Waals surface area contributed by atoms with Crippen LogP contribution in [0.3, 0.4) is 0 Å². The molecule has 1 aliphatic heterocycles. The van der Waals surface area contributed by atoms with Gasteiger partial charge in [-0.05, 0) is 50.9 Å². The van der Waals surface area contributed by atoms with Crippen LogP contribution in [0.5, 0.6) is 0 Å². The van der Waals surface area contributed by atoms with Gasteiger partial charge in [0.15, 0.2) is 0 Å². The van der Waals surface area contributed by atoms with Gasteiger partial charge < -0.3 is 10.2 Å². The molecule has 19 heavy (non-hydrogen) atoms. The van der Waals surface area contributed by atoms with Crippen LogP contribution in [0.1, 0.15) is 44.1 Å². The Hall–Kier alpha value is -0.860. The van der Waals surface area contributed by atoms with Crippen LogP contribution in [-0.4, -0.2) is 36.6 Å². The van der Waals surface area contributed by atoms with Gasteiger partial charge in [-0.2, -0.15) is 0 Å². The summed E-state index contributed by atoms with van der Waals surface area (Å²) in [6.45, 7) is 6.06. The first-order valence-corrected chi connectivity index (χ1v) is 7.90. The van der Waals surface area contributed by atoms with Crippen molar-refractivity contribution in [3.8, 4) is 0 Å². The van der Waals surface area contributed by atoms with E-state index in [1.54, 1.807) is 0 Å². The summed E-state index contributed by atoms with van der Waals surface area (Å²) in [4.78, 5) is 2.59. The molecule has 1 aromatic carbocycles. The Balaban J connectivity index is 1.48. The molecule has 2 heteroatoms. The van der Waals surface area contributed by atoms with E-state index in [2.05, 4.69) is 47.5 Å². The van der Waals surface area contributed by atoms with Crippen molar-refractivity contribution in [3.05, 3.63) is 35.9 Å². The zero-order valence-electron chi connectivity index (χ0n) is 12.0. The molecule has 1 aliphatic carbocycles. The van der Waals surface area contributed by atoms with Crippen molar-refractivity contribution in [1.29, 1.82) is 0 Å². The highest BCUT2D eigenvalue weighted by atomic mass is 15.1. The highest BCUT2D eigenvalue weighted by molar-refractivity contribution is 5.27. The largest absolute Gasteiger partial charge is 0.311 e. The van der Waals surface area contributed by atoms with E-state index in [0.29, 0.717) is 0 Å². The van der Waals surface area contributed by atoms with Crippen molar-refractivity contribution >= 4 is 0 Å². The quantitative estimate of drug-likeness (QED) is 0.893. The minimum atomic E-state index is 0.737. The van der Waals surface area contributed by atoms with Crippen molar-refractivity contribution in [2.24, 2.45) is 0 Å². The van der Waals surface area contributed by atoms with Crippen molar-refractivity contribution in [2.75, 3.05) is 19.6 Å². The van der Waals surface area contributed by atoms with Gasteiger partial charge in [0.25, 0.3) is 0 Å². The first-order chi connectivity index (χ1) is 9.36. The van der Waals surface area contributed by atoms with E-state index in [4.69, 9.17) is 0 Å². The van der Waals surface area contributed by atoms with Crippen molar-refractivity contribution < 1.29 is 0 Å². The molecule has 2 nitrogen and oxygen atoms in total. The fourth-order valence-corrected chi connectivity index (χ4v) is 3.39. The molecule has 1 saturated carbocycles. The minimum absolute atomic E-state index is 0.737. The predicted octanol–water partition coefficient (Wildman–Crippen LogP) is 3.01. The Kier molecular flexibility index (Phi) is 4.19. The number of nitrogens with one attached hydrogen (secondary N) is 1. The maximum Gasteiger partial charge on any atom is 0.0145 e. The molecule has 1 heterocycles. The molecule has 3 atom stereocenters. The summed E-state index contributed by atoms with van der Waals surface area (Å²) in [7, 11) is 0. The highest BCUT2D eigenvalue weighted by Gasteiger charge is 2.39. The lowest BCUT2D eigenvalue weighted by atomic mass is 10.1. The minimum Gasteiger partial charge on any atom is -0.311 e. The SMILES string of the molecule is CCN1CCCC(NC2CC2c2ccccc2)CC1. The number of hydrogen-bond donors (Lipinski definition) is 1. The van der Waals surface area contributed by atoms with Gasteiger partial charge in [-0.15, -0.1) is 0 Å². The molecule has 0 spiro atoms. The van der Waals surface area contributed by atoms with E-state index in [9.17, 15) is 0 Å². The smallest absolute Gasteiger partial charge is 0.0145 e. The molecule has 104 valence electrons. The second-order valence-corrected chi connectivity index (χ2v) is 6.09.